The number of nitrogens with one attached hydrogen (secondary N) is 1. The largest absolute Gasteiger partial charge is 0.356 e. The van der Waals surface area contributed by atoms with Crippen LogP contribution in [0, 0.1) is 0 Å². The molecule has 0 atom stereocenters. The molecule has 25 heavy (non-hydrogen) atoms. The molecule has 0 bridgehead atoms. The van der Waals surface area contributed by atoms with Gasteiger partial charge in [-0.25, -0.2) is 9.50 Å². The third kappa shape index (κ3) is 3.14. The van der Waals surface area contributed by atoms with Crippen molar-refractivity contribution in [2.45, 2.75) is 13.5 Å². The third-order valence-electron chi connectivity index (χ3n) is 3.84. The van der Waals surface area contributed by atoms with Crippen molar-refractivity contribution >= 4 is 27.2 Å². The molecular weight excluding hydrogens is 334 g/mol. The second-order valence-corrected chi connectivity index (χ2v) is 6.55. The van der Waals surface area contributed by atoms with Crippen LogP contribution in [0.2, 0.25) is 0 Å². The van der Waals surface area contributed by atoms with E-state index in [-0.39, 0.29) is 5.78 Å². The summed E-state index contributed by atoms with van der Waals surface area (Å²) in [6.45, 7) is 2.24. The molecule has 6 nitrogen and oxygen atoms in total. The second-order valence-electron chi connectivity index (χ2n) is 5.59. The van der Waals surface area contributed by atoms with Crippen LogP contribution in [0.25, 0.3) is 16.2 Å². The zero-order chi connectivity index (χ0) is 17.2. The molecule has 0 saturated heterocycles. The summed E-state index contributed by atoms with van der Waals surface area (Å²) in [6.07, 6.45) is 5.32. The van der Waals surface area contributed by atoms with Gasteiger partial charge in [0.15, 0.2) is 5.78 Å². The molecule has 1 N–H and O–H groups in total. The van der Waals surface area contributed by atoms with Gasteiger partial charge in [0.25, 0.3) is 0 Å². The van der Waals surface area contributed by atoms with Crippen molar-refractivity contribution in [3.05, 3.63) is 66.1 Å². The number of ketones is 1. The lowest BCUT2D eigenvalue weighted by Gasteiger charge is -2.02. The first-order valence-corrected chi connectivity index (χ1v) is 8.61. The Morgan fingerprint density at radius 3 is 2.88 bits per heavy atom. The van der Waals surface area contributed by atoms with Gasteiger partial charge >= 0.3 is 0 Å². The lowest BCUT2D eigenvalue weighted by molar-refractivity contribution is 0.101. The number of benzene rings is 1. The van der Waals surface area contributed by atoms with Crippen molar-refractivity contribution in [1.29, 1.82) is 0 Å². The molecular formula is C18H15N5OS. The Balaban J connectivity index is 1.62. The number of imidazole rings is 1. The quantitative estimate of drug-likeness (QED) is 0.557. The van der Waals surface area contributed by atoms with Gasteiger partial charge in [-0.15, -0.1) is 5.10 Å². The summed E-state index contributed by atoms with van der Waals surface area (Å²) >= 11 is 1.49. The lowest BCUT2D eigenvalue weighted by Crippen LogP contribution is -2.00. The number of carbonyl (C=O) groups is 1. The van der Waals surface area contributed by atoms with E-state index in [1.54, 1.807) is 30.0 Å². The van der Waals surface area contributed by atoms with Gasteiger partial charge < -0.3 is 5.32 Å². The van der Waals surface area contributed by atoms with E-state index < -0.39 is 0 Å². The molecule has 3 aromatic heterocycles. The Morgan fingerprint density at radius 2 is 2.08 bits per heavy atom. The zero-order valence-corrected chi connectivity index (χ0v) is 14.3. The van der Waals surface area contributed by atoms with Crippen molar-refractivity contribution in [3.63, 3.8) is 0 Å². The van der Waals surface area contributed by atoms with Crippen LogP contribution in [0.4, 0.5) is 5.13 Å². The molecule has 0 radical (unpaired) electrons. The molecule has 4 rings (SSSR count). The maximum atomic E-state index is 11.6. The number of Topliss-reactive ketones (excluding diaryl/α,β-unsaturated/α-hetero) is 1. The minimum absolute atomic E-state index is 0.0422. The molecule has 0 fully saturated rings. The molecule has 0 aliphatic rings. The molecule has 4 aromatic rings. The van der Waals surface area contributed by atoms with Crippen LogP contribution >= 0.6 is 11.3 Å². The smallest absolute Gasteiger partial charge is 0.214 e. The predicted octanol–water partition coefficient (Wildman–Crippen LogP) is 3.67. The SMILES string of the molecule is CC(=O)c1cccc(-c2cnc3sc(NCc4ccncc4)nn23)c1. The molecule has 0 unspecified atom stereocenters. The topological polar surface area (TPSA) is 72.2 Å². The van der Waals surface area contributed by atoms with E-state index >= 15 is 0 Å². The van der Waals surface area contributed by atoms with E-state index in [0.29, 0.717) is 12.1 Å². The number of fused-ring (bicyclic) bond motifs is 1. The van der Waals surface area contributed by atoms with Crippen LogP contribution in [-0.2, 0) is 6.54 Å². The molecule has 7 heteroatoms. The molecule has 0 spiro atoms. The number of carbonyl (C=O) groups excluding carboxylic acids is 1. The summed E-state index contributed by atoms with van der Waals surface area (Å²) < 4.78 is 1.80. The summed E-state index contributed by atoms with van der Waals surface area (Å²) in [5.41, 5.74) is 3.61. The van der Waals surface area contributed by atoms with E-state index in [1.807, 2.05) is 36.4 Å². The van der Waals surface area contributed by atoms with Gasteiger partial charge in [-0.1, -0.05) is 29.5 Å². The number of rotatable bonds is 5. The molecule has 0 saturated carbocycles. The lowest BCUT2D eigenvalue weighted by atomic mass is 10.1. The summed E-state index contributed by atoms with van der Waals surface area (Å²) in [5.74, 6) is 0.0422. The summed E-state index contributed by atoms with van der Waals surface area (Å²) in [4.78, 5) is 20.9. The standard InChI is InChI=1S/C18H15N5OS/c1-12(24)14-3-2-4-15(9-14)16-11-21-18-23(16)22-17(25-18)20-10-13-5-7-19-8-6-13/h2-9,11H,10H2,1H3,(H,20,22). The van der Waals surface area contributed by atoms with Crippen molar-refractivity contribution in [3.8, 4) is 11.3 Å². The van der Waals surface area contributed by atoms with E-state index in [1.165, 1.54) is 11.3 Å². The van der Waals surface area contributed by atoms with Crippen LogP contribution in [0.3, 0.4) is 0 Å². The molecule has 0 aliphatic carbocycles. The number of anilines is 1. The first-order chi connectivity index (χ1) is 12.2. The zero-order valence-electron chi connectivity index (χ0n) is 13.5. The van der Waals surface area contributed by atoms with Crippen LogP contribution < -0.4 is 5.32 Å². The van der Waals surface area contributed by atoms with Crippen LogP contribution in [0.5, 0.6) is 0 Å². The number of hydrogen-bond donors (Lipinski definition) is 1. The summed E-state index contributed by atoms with van der Waals surface area (Å²) in [6, 6.07) is 11.4. The van der Waals surface area contributed by atoms with Gasteiger partial charge in [0, 0.05) is 30.1 Å². The summed E-state index contributed by atoms with van der Waals surface area (Å²) in [7, 11) is 0. The van der Waals surface area contributed by atoms with Crippen LogP contribution in [0.1, 0.15) is 22.8 Å². The second kappa shape index (κ2) is 6.45. The van der Waals surface area contributed by atoms with E-state index in [0.717, 1.165) is 26.9 Å². The first kappa shape index (κ1) is 15.5. The Labute approximate surface area is 148 Å². The van der Waals surface area contributed by atoms with Crippen molar-refractivity contribution in [2.24, 2.45) is 0 Å². The predicted molar refractivity (Wildman–Crippen MR) is 97.9 cm³/mol. The fourth-order valence-electron chi connectivity index (χ4n) is 2.54. The van der Waals surface area contributed by atoms with E-state index in [4.69, 9.17) is 0 Å². The normalized spacial score (nSPS) is 10.9. The van der Waals surface area contributed by atoms with Gasteiger partial charge in [-0.05, 0) is 30.7 Å². The monoisotopic (exact) mass is 349 g/mol. The molecule has 1 aromatic carbocycles. The molecule has 3 heterocycles. The number of aromatic nitrogens is 4. The van der Waals surface area contributed by atoms with E-state index in [9.17, 15) is 4.79 Å². The van der Waals surface area contributed by atoms with Crippen LogP contribution in [0.15, 0.2) is 55.0 Å². The van der Waals surface area contributed by atoms with Gasteiger partial charge in [-0.3, -0.25) is 9.78 Å². The number of pyridine rings is 1. The van der Waals surface area contributed by atoms with Gasteiger partial charge in [0.1, 0.15) is 0 Å². The highest BCUT2D eigenvalue weighted by atomic mass is 32.1. The Morgan fingerprint density at radius 1 is 1.24 bits per heavy atom. The Bertz CT molecular complexity index is 1040. The maximum Gasteiger partial charge on any atom is 0.214 e. The fraction of sp³-hybridized carbons (Fsp3) is 0.111. The number of nitrogens with zero attached hydrogens (tertiary/aromatic N) is 4. The average molecular weight is 349 g/mol. The Kier molecular flexibility index (Phi) is 3.99. The highest BCUT2D eigenvalue weighted by molar-refractivity contribution is 7.20. The van der Waals surface area contributed by atoms with Crippen molar-refractivity contribution < 1.29 is 4.79 Å². The average Bonchev–Trinajstić information content (AvgIpc) is 3.21. The highest BCUT2D eigenvalue weighted by Crippen LogP contribution is 2.26. The third-order valence-corrected chi connectivity index (χ3v) is 4.72. The van der Waals surface area contributed by atoms with Gasteiger partial charge in [0.2, 0.25) is 10.1 Å². The Hall–Kier alpha value is -3.06. The van der Waals surface area contributed by atoms with Crippen molar-refractivity contribution in [2.75, 3.05) is 5.32 Å². The summed E-state index contributed by atoms with van der Waals surface area (Å²) in [5, 5.41) is 8.70. The van der Waals surface area contributed by atoms with E-state index in [2.05, 4.69) is 20.4 Å². The maximum absolute atomic E-state index is 11.6. The van der Waals surface area contributed by atoms with Crippen LogP contribution in [-0.4, -0.2) is 25.4 Å². The fourth-order valence-corrected chi connectivity index (χ4v) is 3.31. The molecule has 124 valence electrons. The minimum Gasteiger partial charge on any atom is -0.356 e. The molecule has 0 aliphatic heterocycles. The minimum atomic E-state index is 0.0422. The number of hydrogen-bond acceptors (Lipinski definition) is 6. The first-order valence-electron chi connectivity index (χ1n) is 7.79. The molecule has 0 amide bonds. The van der Waals surface area contributed by atoms with Gasteiger partial charge in [-0.2, -0.15) is 0 Å². The van der Waals surface area contributed by atoms with Crippen molar-refractivity contribution in [1.82, 2.24) is 19.6 Å². The van der Waals surface area contributed by atoms with Gasteiger partial charge in [0.05, 0.1) is 11.9 Å². The highest BCUT2D eigenvalue weighted by Gasteiger charge is 2.12.